The van der Waals surface area contributed by atoms with E-state index in [1.54, 1.807) is 30.3 Å². The number of sulfone groups is 1. The van der Waals surface area contributed by atoms with Crippen LogP contribution in [0, 0.1) is 23.6 Å². The number of nitrogens with one attached hydrogen (secondary N) is 2. The van der Waals surface area contributed by atoms with E-state index in [9.17, 15) is 27.5 Å². The number of likely N-dealkylation sites (N-methyl/N-ethyl adjacent to an activating group) is 2. The van der Waals surface area contributed by atoms with Gasteiger partial charge in [0.25, 0.3) is 0 Å². The zero-order chi connectivity index (χ0) is 42.6. The molecule has 0 spiro atoms. The van der Waals surface area contributed by atoms with Gasteiger partial charge in [-0.1, -0.05) is 25.1 Å². The Bertz CT molecular complexity index is 2100. The Morgan fingerprint density at radius 3 is 2.27 bits per heavy atom. The number of nitrogens with zero attached hydrogens (tertiary/aromatic N) is 5. The number of anilines is 3. The van der Waals surface area contributed by atoms with Crippen LogP contribution in [0.3, 0.4) is 0 Å². The first-order valence-electron chi connectivity index (χ1n) is 21.5. The van der Waals surface area contributed by atoms with Gasteiger partial charge in [-0.3, -0.25) is 4.79 Å². The fourth-order valence-corrected chi connectivity index (χ4v) is 11.6. The minimum absolute atomic E-state index is 0.0987. The molecule has 4 aliphatic rings. The highest BCUT2D eigenvalue weighted by atomic mass is 32.2. The smallest absolute Gasteiger partial charge is 0.404 e. The normalized spacial score (nSPS) is 21.5. The van der Waals surface area contributed by atoms with Crippen LogP contribution in [-0.2, 0) is 20.0 Å². The molecule has 2 amide bonds. The van der Waals surface area contributed by atoms with Crippen molar-refractivity contribution in [3.63, 3.8) is 0 Å². The molecule has 7 rings (SSSR count). The van der Waals surface area contributed by atoms with Crippen molar-refractivity contribution in [2.24, 2.45) is 17.8 Å². The van der Waals surface area contributed by atoms with Gasteiger partial charge in [-0.15, -0.1) is 0 Å². The number of carboxylic acid groups (broad SMARTS) is 1. The fraction of sp³-hybridized carbons (Fsp3) is 0.522. The molecule has 1 saturated carbocycles. The quantitative estimate of drug-likeness (QED) is 0.139. The van der Waals surface area contributed by atoms with Crippen LogP contribution < -0.4 is 20.4 Å². The summed E-state index contributed by atoms with van der Waals surface area (Å²) >= 11 is 0. The second kappa shape index (κ2) is 18.6. The molecular weight excluding hydrogens is 782 g/mol. The molecule has 3 aliphatic heterocycles. The van der Waals surface area contributed by atoms with E-state index in [1.165, 1.54) is 12.1 Å². The summed E-state index contributed by atoms with van der Waals surface area (Å²) in [6, 6.07) is 19.0. The predicted molar refractivity (Wildman–Crippen MR) is 235 cm³/mol. The molecule has 324 valence electrons. The second-order valence-electron chi connectivity index (χ2n) is 17.8. The summed E-state index contributed by atoms with van der Waals surface area (Å²) in [5, 5.41) is 15.4. The maximum absolute atomic E-state index is 15.0. The third kappa shape index (κ3) is 9.67. The maximum Gasteiger partial charge on any atom is 0.404 e. The summed E-state index contributed by atoms with van der Waals surface area (Å²) in [5.41, 5.74) is 2.71. The molecule has 3 heterocycles. The van der Waals surface area contributed by atoms with Gasteiger partial charge in [0, 0.05) is 80.8 Å². The molecular formula is C46H62FN7O5S. The van der Waals surface area contributed by atoms with Gasteiger partial charge in [0.15, 0.2) is 0 Å². The van der Waals surface area contributed by atoms with Crippen LogP contribution in [0.2, 0.25) is 0 Å². The minimum atomic E-state index is -3.90. The van der Waals surface area contributed by atoms with Crippen LogP contribution >= 0.6 is 0 Å². The van der Waals surface area contributed by atoms with Crippen molar-refractivity contribution >= 4 is 38.9 Å². The zero-order valence-corrected chi connectivity index (χ0v) is 36.2. The molecule has 3 saturated heterocycles. The lowest BCUT2D eigenvalue weighted by molar-refractivity contribution is -0.111. The van der Waals surface area contributed by atoms with Crippen molar-refractivity contribution in [1.29, 1.82) is 0 Å². The zero-order valence-electron chi connectivity index (χ0n) is 35.4. The second-order valence-corrected chi connectivity index (χ2v) is 19.7. The van der Waals surface area contributed by atoms with Gasteiger partial charge in [-0.05, 0) is 150 Å². The van der Waals surface area contributed by atoms with Crippen LogP contribution in [0.15, 0.2) is 89.2 Å². The maximum atomic E-state index is 15.0. The summed E-state index contributed by atoms with van der Waals surface area (Å²) in [5.74, 6) is 0.224. The summed E-state index contributed by atoms with van der Waals surface area (Å²) in [7, 11) is 1.96. The number of piperidine rings is 1. The van der Waals surface area contributed by atoms with Crippen LogP contribution in [0.1, 0.15) is 44.1 Å². The average molecular weight is 844 g/mol. The number of hydrogen-bond donors (Lipinski definition) is 3. The number of halogens is 1. The van der Waals surface area contributed by atoms with Gasteiger partial charge in [0.05, 0.1) is 9.79 Å². The van der Waals surface area contributed by atoms with E-state index in [0.717, 1.165) is 115 Å². The van der Waals surface area contributed by atoms with Gasteiger partial charge in [-0.2, -0.15) is 0 Å². The van der Waals surface area contributed by atoms with Crippen molar-refractivity contribution in [2.75, 3.05) is 102 Å². The minimum Gasteiger partial charge on any atom is -0.465 e. The van der Waals surface area contributed by atoms with Crippen LogP contribution in [-0.4, -0.2) is 133 Å². The topological polar surface area (TPSA) is 129 Å². The van der Waals surface area contributed by atoms with E-state index in [4.69, 9.17) is 0 Å². The monoisotopic (exact) mass is 843 g/mol. The van der Waals surface area contributed by atoms with Gasteiger partial charge in [0.2, 0.25) is 15.7 Å². The van der Waals surface area contributed by atoms with E-state index in [-0.39, 0.29) is 33.0 Å². The molecule has 14 heteroatoms. The fourth-order valence-electron chi connectivity index (χ4n) is 10.3. The molecule has 60 heavy (non-hydrogen) atoms. The third-order valence-corrected chi connectivity index (χ3v) is 15.3. The molecule has 1 aliphatic carbocycles. The Kier molecular flexibility index (Phi) is 13.5. The highest BCUT2D eigenvalue weighted by Crippen LogP contribution is 2.51. The van der Waals surface area contributed by atoms with Crippen molar-refractivity contribution in [3.8, 4) is 0 Å². The van der Waals surface area contributed by atoms with E-state index < -0.39 is 21.8 Å². The summed E-state index contributed by atoms with van der Waals surface area (Å²) in [4.78, 5) is 35.8. The molecule has 3 N–H and O–H groups in total. The largest absolute Gasteiger partial charge is 0.465 e. The molecule has 3 atom stereocenters. The Hall–Kier alpha value is -4.50. The van der Waals surface area contributed by atoms with E-state index >= 15 is 0 Å². The predicted octanol–water partition coefficient (Wildman–Crippen LogP) is 6.01. The Morgan fingerprint density at radius 2 is 1.63 bits per heavy atom. The van der Waals surface area contributed by atoms with Gasteiger partial charge in [-0.25, -0.2) is 17.6 Å². The van der Waals surface area contributed by atoms with E-state index in [0.29, 0.717) is 29.8 Å². The highest BCUT2D eigenvalue weighted by Gasteiger charge is 2.53. The standard InChI is InChI=1S/C46H62FN7O5S/c1-5-44(55)48-37-26-39(51(4)24-23-50(2)3)28-41(27-37)60(58,59)40-15-13-38(14-16-40)54-30-33(31-54)29-52-21-17-34(18-22-52)46(32-53-19-8-20-53,35-9-6-10-36(47)25-35)42-11-7-12-43(42)49-45(56)57/h5-6,9-10,13-16,25-28,33-34,42-43,49H,1,7-8,11-12,17-24,29-32H2,2-4H3,(H,48,55)(H,56,57)/t42-,43-,46-/m0/s1. The molecule has 4 fully saturated rings. The first-order chi connectivity index (χ1) is 28.7. The Labute approximate surface area is 355 Å². The van der Waals surface area contributed by atoms with Crippen LogP contribution in [0.5, 0.6) is 0 Å². The lowest BCUT2D eigenvalue weighted by atomic mass is 9.57. The van der Waals surface area contributed by atoms with Crippen LogP contribution in [0.4, 0.5) is 26.2 Å². The van der Waals surface area contributed by atoms with E-state index in [2.05, 4.69) is 42.9 Å². The Morgan fingerprint density at radius 1 is 0.900 bits per heavy atom. The third-order valence-electron chi connectivity index (χ3n) is 13.6. The molecule has 0 aromatic heterocycles. The van der Waals surface area contributed by atoms with Crippen molar-refractivity contribution in [1.82, 2.24) is 20.0 Å². The lowest BCUT2D eigenvalue weighted by Gasteiger charge is -2.54. The first kappa shape index (κ1) is 43.6. The number of rotatable bonds is 17. The SMILES string of the molecule is C=CC(=O)Nc1cc(N(C)CCN(C)C)cc(S(=O)(=O)c2ccc(N3CC(CN4CCC([C@@](CN5CCC5)(c5cccc(F)c5)[C@H]5CCC[C@@H]5NC(=O)O)CC4)C3)cc2)c1. The summed E-state index contributed by atoms with van der Waals surface area (Å²) < 4.78 is 43.0. The molecule has 0 unspecified atom stereocenters. The van der Waals surface area contributed by atoms with Crippen molar-refractivity contribution in [2.45, 2.75) is 59.8 Å². The number of hydrogen-bond acceptors (Lipinski definition) is 9. The van der Waals surface area contributed by atoms with Gasteiger partial charge in [0.1, 0.15) is 5.82 Å². The van der Waals surface area contributed by atoms with Crippen molar-refractivity contribution in [3.05, 3.63) is 90.8 Å². The molecule has 3 aromatic rings. The average Bonchev–Trinajstić information content (AvgIpc) is 3.65. The lowest BCUT2D eigenvalue weighted by Crippen LogP contribution is -2.60. The van der Waals surface area contributed by atoms with E-state index in [1.807, 2.05) is 44.2 Å². The number of benzene rings is 3. The van der Waals surface area contributed by atoms with Crippen molar-refractivity contribution < 1.29 is 27.5 Å². The van der Waals surface area contributed by atoms with Crippen LogP contribution in [0.25, 0.3) is 0 Å². The number of likely N-dealkylation sites (tertiary alicyclic amines) is 2. The van der Waals surface area contributed by atoms with Gasteiger partial charge >= 0.3 is 6.09 Å². The summed E-state index contributed by atoms with van der Waals surface area (Å²) in [6.45, 7) is 12.5. The van der Waals surface area contributed by atoms with Gasteiger partial charge < -0.3 is 40.2 Å². The number of amides is 2. The Balaban J connectivity index is 0.995. The summed E-state index contributed by atoms with van der Waals surface area (Å²) in [6.07, 6.45) is 5.98. The highest BCUT2D eigenvalue weighted by molar-refractivity contribution is 7.91. The molecule has 12 nitrogen and oxygen atoms in total. The molecule has 3 aromatic carbocycles. The molecule has 0 radical (unpaired) electrons. The molecule has 0 bridgehead atoms. The number of carbonyl (C=O) groups is 2. The number of carbonyl (C=O) groups excluding carboxylic acids is 1. The first-order valence-corrected chi connectivity index (χ1v) is 23.0.